The van der Waals surface area contributed by atoms with Gasteiger partial charge in [-0.15, -0.1) is 0 Å². The summed E-state index contributed by atoms with van der Waals surface area (Å²) in [6.45, 7) is 27.9. The van der Waals surface area contributed by atoms with Gasteiger partial charge in [-0.2, -0.15) is 5.26 Å². The van der Waals surface area contributed by atoms with Crippen LogP contribution in [-0.2, 0) is 9.53 Å². The molecule has 1 unspecified atom stereocenters. The van der Waals surface area contributed by atoms with Crippen molar-refractivity contribution in [2.75, 3.05) is 52.5 Å². The first-order valence-electron chi connectivity index (χ1n) is 14.2. The normalized spacial score (nSPS) is 19.2. The number of carbonyl (C=O) groups excluding carboxylic acids is 1. The molecule has 2 rings (SSSR count). The highest BCUT2D eigenvalue weighted by Gasteiger charge is 2.34. The standard InChI is InChI=1S/C25H44N4O2.2C2H6/c1-7-10-25(6,8-2)11-12-27(9-3)23(30)21(18-26)17-24(4,5)29-15-13-28(14-16-29)22-19-31-20-22;2*1-2/h17,22H,7-16,19-20H2,1-6H3;2*1-2H3/b21-17+;;. The Morgan fingerprint density at radius 2 is 1.60 bits per heavy atom. The molecule has 0 aromatic rings. The average Bonchev–Trinajstić information content (AvgIpc) is 2.84. The smallest absolute Gasteiger partial charge is 0.264 e. The third-order valence-corrected chi connectivity index (χ3v) is 7.48. The van der Waals surface area contributed by atoms with E-state index >= 15 is 0 Å². The molecular formula is C29H56N4O2. The highest BCUT2D eigenvalue weighted by atomic mass is 16.5. The summed E-state index contributed by atoms with van der Waals surface area (Å²) in [6.07, 6.45) is 6.31. The van der Waals surface area contributed by atoms with Crippen molar-refractivity contribution in [3.8, 4) is 6.07 Å². The summed E-state index contributed by atoms with van der Waals surface area (Å²) >= 11 is 0. The number of amides is 1. The van der Waals surface area contributed by atoms with Crippen LogP contribution in [-0.4, -0.2) is 84.7 Å². The fraction of sp³-hybridized carbons (Fsp3) is 0.862. The molecule has 2 aliphatic heterocycles. The molecule has 0 saturated carbocycles. The van der Waals surface area contributed by atoms with Crippen LogP contribution in [0, 0.1) is 16.7 Å². The fourth-order valence-corrected chi connectivity index (χ4v) is 4.74. The van der Waals surface area contributed by atoms with Crippen molar-refractivity contribution in [1.29, 1.82) is 5.26 Å². The van der Waals surface area contributed by atoms with E-state index in [0.717, 1.165) is 58.7 Å². The second-order valence-corrected chi connectivity index (χ2v) is 10.1. The Kier molecular flexibility index (Phi) is 16.4. The van der Waals surface area contributed by atoms with Gasteiger partial charge in [0.05, 0.1) is 19.3 Å². The van der Waals surface area contributed by atoms with Gasteiger partial charge in [0, 0.05) is 44.8 Å². The van der Waals surface area contributed by atoms with Crippen molar-refractivity contribution in [1.82, 2.24) is 14.7 Å². The fourth-order valence-electron chi connectivity index (χ4n) is 4.74. The number of ether oxygens (including phenoxy) is 1. The van der Waals surface area contributed by atoms with E-state index in [-0.39, 0.29) is 22.4 Å². The molecule has 0 bridgehead atoms. The van der Waals surface area contributed by atoms with Crippen molar-refractivity contribution in [3.05, 3.63) is 11.6 Å². The van der Waals surface area contributed by atoms with Crippen LogP contribution in [0.3, 0.4) is 0 Å². The van der Waals surface area contributed by atoms with E-state index in [1.807, 2.05) is 45.6 Å². The molecule has 1 atom stereocenters. The first-order valence-corrected chi connectivity index (χ1v) is 14.2. The molecule has 2 aliphatic rings. The van der Waals surface area contributed by atoms with Crippen molar-refractivity contribution in [2.45, 2.75) is 107 Å². The number of likely N-dealkylation sites (N-methyl/N-ethyl adjacent to an activating group) is 1. The largest absolute Gasteiger partial charge is 0.378 e. The lowest BCUT2D eigenvalue weighted by Crippen LogP contribution is -2.59. The van der Waals surface area contributed by atoms with Crippen LogP contribution in [0.15, 0.2) is 11.6 Å². The molecule has 0 radical (unpaired) electrons. The van der Waals surface area contributed by atoms with E-state index in [0.29, 0.717) is 19.1 Å². The molecule has 35 heavy (non-hydrogen) atoms. The second kappa shape index (κ2) is 17.1. The number of piperazine rings is 1. The molecule has 204 valence electrons. The van der Waals surface area contributed by atoms with Gasteiger partial charge in [0.2, 0.25) is 0 Å². The van der Waals surface area contributed by atoms with Crippen molar-refractivity contribution in [2.24, 2.45) is 5.41 Å². The third-order valence-electron chi connectivity index (χ3n) is 7.48. The number of nitrogens with zero attached hydrogens (tertiary/aromatic N) is 4. The number of hydrogen-bond donors (Lipinski definition) is 0. The quantitative estimate of drug-likeness (QED) is 0.272. The highest BCUT2D eigenvalue weighted by Crippen LogP contribution is 2.32. The van der Waals surface area contributed by atoms with Crippen molar-refractivity contribution in [3.63, 3.8) is 0 Å². The number of hydrogen-bond acceptors (Lipinski definition) is 5. The van der Waals surface area contributed by atoms with E-state index in [1.54, 1.807) is 0 Å². The molecule has 2 saturated heterocycles. The van der Waals surface area contributed by atoms with E-state index in [1.165, 1.54) is 6.42 Å². The molecule has 6 nitrogen and oxygen atoms in total. The summed E-state index contributed by atoms with van der Waals surface area (Å²) in [7, 11) is 0. The van der Waals surface area contributed by atoms with Crippen LogP contribution in [0.4, 0.5) is 0 Å². The Morgan fingerprint density at radius 3 is 2.00 bits per heavy atom. The molecule has 2 fully saturated rings. The van der Waals surface area contributed by atoms with Gasteiger partial charge in [-0.25, -0.2) is 0 Å². The van der Waals surface area contributed by atoms with Crippen LogP contribution in [0.5, 0.6) is 0 Å². The summed E-state index contributed by atoms with van der Waals surface area (Å²) in [4.78, 5) is 19.9. The molecule has 2 heterocycles. The maximum Gasteiger partial charge on any atom is 0.264 e. The molecule has 0 aliphatic carbocycles. The average molecular weight is 493 g/mol. The zero-order chi connectivity index (χ0) is 27.1. The Balaban J connectivity index is 0.00000274. The highest BCUT2D eigenvalue weighted by molar-refractivity contribution is 5.97. The monoisotopic (exact) mass is 492 g/mol. The first kappa shape index (κ1) is 33.6. The van der Waals surface area contributed by atoms with Crippen LogP contribution in [0.2, 0.25) is 0 Å². The predicted molar refractivity (Wildman–Crippen MR) is 148 cm³/mol. The maximum absolute atomic E-state index is 13.2. The summed E-state index contributed by atoms with van der Waals surface area (Å²) in [6, 6.07) is 2.78. The molecule has 6 heteroatoms. The number of nitriles is 1. The Labute approximate surface area is 217 Å². The lowest BCUT2D eigenvalue weighted by Gasteiger charge is -2.46. The Morgan fingerprint density at radius 1 is 1.03 bits per heavy atom. The van der Waals surface area contributed by atoms with Crippen molar-refractivity contribution >= 4 is 5.91 Å². The Hall–Kier alpha value is -1.42. The van der Waals surface area contributed by atoms with E-state index in [2.05, 4.69) is 50.5 Å². The zero-order valence-corrected chi connectivity index (χ0v) is 24.7. The van der Waals surface area contributed by atoms with E-state index in [9.17, 15) is 10.1 Å². The van der Waals surface area contributed by atoms with Crippen LogP contribution >= 0.6 is 0 Å². The van der Waals surface area contributed by atoms with Gasteiger partial charge in [-0.1, -0.05) is 61.3 Å². The van der Waals surface area contributed by atoms with Gasteiger partial charge in [-0.3, -0.25) is 14.6 Å². The van der Waals surface area contributed by atoms with Crippen molar-refractivity contribution < 1.29 is 9.53 Å². The molecular weight excluding hydrogens is 436 g/mol. The van der Waals surface area contributed by atoms with Crippen LogP contribution in [0.25, 0.3) is 0 Å². The summed E-state index contributed by atoms with van der Waals surface area (Å²) in [5, 5.41) is 9.81. The molecule has 1 amide bonds. The maximum atomic E-state index is 13.2. The van der Waals surface area contributed by atoms with Gasteiger partial charge in [-0.05, 0) is 45.1 Å². The molecule has 0 aromatic heterocycles. The van der Waals surface area contributed by atoms with Gasteiger partial charge >= 0.3 is 0 Å². The first-order chi connectivity index (χ1) is 16.7. The van der Waals surface area contributed by atoms with E-state index < -0.39 is 0 Å². The Bertz CT molecular complexity index is 658. The van der Waals surface area contributed by atoms with Gasteiger partial charge in [0.15, 0.2) is 0 Å². The minimum absolute atomic E-state index is 0.127. The summed E-state index contributed by atoms with van der Waals surface area (Å²) in [5.74, 6) is -0.127. The predicted octanol–water partition coefficient (Wildman–Crippen LogP) is 5.74. The molecule has 0 aromatic carbocycles. The lowest BCUT2D eigenvalue weighted by atomic mass is 9.80. The van der Waals surface area contributed by atoms with Crippen LogP contribution in [0.1, 0.15) is 94.9 Å². The second-order valence-electron chi connectivity index (χ2n) is 10.1. The van der Waals surface area contributed by atoms with Gasteiger partial charge in [0.1, 0.15) is 11.6 Å². The number of rotatable bonds is 11. The minimum atomic E-state index is -0.331. The van der Waals surface area contributed by atoms with E-state index in [4.69, 9.17) is 4.74 Å². The lowest BCUT2D eigenvalue weighted by molar-refractivity contribution is -0.127. The van der Waals surface area contributed by atoms with Gasteiger partial charge < -0.3 is 9.64 Å². The summed E-state index contributed by atoms with van der Waals surface area (Å²) < 4.78 is 5.33. The third kappa shape index (κ3) is 10.2. The SMILES string of the molecule is CC.CC.CCCC(C)(CC)CCN(CC)C(=O)/C(C#N)=C/C(C)(C)N1CCN(C2COC2)CC1. The topological polar surface area (TPSA) is 59.8 Å². The van der Waals surface area contributed by atoms with Crippen LogP contribution < -0.4 is 0 Å². The molecule has 0 N–H and O–H groups in total. The summed E-state index contributed by atoms with van der Waals surface area (Å²) in [5.41, 5.74) is 0.196. The minimum Gasteiger partial charge on any atom is -0.378 e. The van der Waals surface area contributed by atoms with Gasteiger partial charge in [0.25, 0.3) is 5.91 Å². The zero-order valence-electron chi connectivity index (χ0n) is 24.7. The number of carbonyl (C=O) groups is 1. The molecule has 0 spiro atoms.